The maximum Gasteiger partial charge on any atom is 0.255 e. The zero-order chi connectivity index (χ0) is 20.8. The lowest BCUT2D eigenvalue weighted by Crippen LogP contribution is -2.41. The monoisotopic (exact) mass is 412 g/mol. The summed E-state index contributed by atoms with van der Waals surface area (Å²) >= 11 is 1.26. The molecule has 0 bridgehead atoms. The Bertz CT molecular complexity index is 1010. The van der Waals surface area contributed by atoms with Gasteiger partial charge in [0.05, 0.1) is 19.8 Å². The normalized spacial score (nSPS) is 11.4. The number of carbonyl (C=O) groups excluding carboxylic acids is 2. The van der Waals surface area contributed by atoms with Gasteiger partial charge in [0, 0.05) is 11.6 Å². The second-order valence-corrected chi connectivity index (χ2v) is 7.01. The number of ether oxygens (including phenoxy) is 2. The van der Waals surface area contributed by atoms with E-state index in [0.717, 1.165) is 5.56 Å². The van der Waals surface area contributed by atoms with Gasteiger partial charge in [0.25, 0.3) is 5.91 Å². The number of rotatable bonds is 7. The lowest BCUT2D eigenvalue weighted by atomic mass is 10.1. The molecule has 0 unspecified atom stereocenters. The molecule has 1 heterocycles. The number of benzene rings is 2. The summed E-state index contributed by atoms with van der Waals surface area (Å²) in [6.07, 6.45) is 0. The predicted octanol–water partition coefficient (Wildman–Crippen LogP) is 2.98. The van der Waals surface area contributed by atoms with E-state index in [0.29, 0.717) is 27.2 Å². The Hall–Kier alpha value is -3.46. The molecule has 3 rings (SSSR count). The molecule has 2 amide bonds. The average Bonchev–Trinajstić information content (AvgIpc) is 3.22. The zero-order valence-corrected chi connectivity index (χ0v) is 16.9. The molecule has 3 aromatic rings. The first-order valence-corrected chi connectivity index (χ1v) is 9.56. The Balaban J connectivity index is 1.64. The average molecular weight is 412 g/mol. The minimum Gasteiger partial charge on any atom is -0.497 e. The first kappa shape index (κ1) is 20.3. The fraction of sp³-hybridized carbons (Fsp3) is 0.200. The maximum absolute atomic E-state index is 12.5. The fourth-order valence-corrected chi connectivity index (χ4v) is 3.26. The molecule has 150 valence electrons. The standard InChI is InChI=1S/C20H20N4O4S/c1-12(21-18(26)15-10-9-14(27-2)11-16(15)28-3)17(25)22-20-24-23-19(29-20)13-7-5-4-6-8-13/h4-12H,1-3H3,(H,21,26)(H,22,24,25)/t12-/m0/s1. The van der Waals surface area contributed by atoms with Crippen LogP contribution in [-0.4, -0.2) is 42.3 Å². The summed E-state index contributed by atoms with van der Waals surface area (Å²) in [6.45, 7) is 1.59. The number of hydrogen-bond donors (Lipinski definition) is 2. The summed E-state index contributed by atoms with van der Waals surface area (Å²) in [5, 5.41) is 14.5. The first-order valence-electron chi connectivity index (χ1n) is 8.74. The Morgan fingerprint density at radius 1 is 1.03 bits per heavy atom. The van der Waals surface area contributed by atoms with E-state index < -0.39 is 17.9 Å². The number of amides is 2. The summed E-state index contributed by atoms with van der Waals surface area (Å²) in [7, 11) is 2.99. The first-order chi connectivity index (χ1) is 14.0. The third-order valence-electron chi connectivity index (χ3n) is 4.07. The van der Waals surface area contributed by atoms with Crippen LogP contribution in [0.5, 0.6) is 11.5 Å². The Kier molecular flexibility index (Phi) is 6.40. The van der Waals surface area contributed by atoms with Crippen LogP contribution in [0.15, 0.2) is 48.5 Å². The van der Waals surface area contributed by atoms with Gasteiger partial charge in [0.2, 0.25) is 11.0 Å². The number of nitrogens with one attached hydrogen (secondary N) is 2. The lowest BCUT2D eigenvalue weighted by Gasteiger charge is -2.15. The van der Waals surface area contributed by atoms with Crippen LogP contribution < -0.4 is 20.1 Å². The molecule has 29 heavy (non-hydrogen) atoms. The lowest BCUT2D eigenvalue weighted by molar-refractivity contribution is -0.117. The number of carbonyl (C=O) groups is 2. The van der Waals surface area contributed by atoms with Gasteiger partial charge in [0.1, 0.15) is 22.5 Å². The molecule has 0 aliphatic rings. The third-order valence-corrected chi connectivity index (χ3v) is 4.96. The van der Waals surface area contributed by atoms with Gasteiger partial charge in [-0.1, -0.05) is 41.7 Å². The van der Waals surface area contributed by atoms with Crippen molar-refractivity contribution >= 4 is 28.3 Å². The summed E-state index contributed by atoms with van der Waals surface area (Å²) < 4.78 is 10.4. The van der Waals surface area contributed by atoms with Crippen molar-refractivity contribution in [3.8, 4) is 22.1 Å². The molecule has 0 aliphatic carbocycles. The molecule has 0 saturated carbocycles. The van der Waals surface area contributed by atoms with Gasteiger partial charge >= 0.3 is 0 Å². The molecule has 1 atom stereocenters. The summed E-state index contributed by atoms with van der Waals surface area (Å²) in [5.41, 5.74) is 1.22. The van der Waals surface area contributed by atoms with E-state index in [1.807, 2.05) is 30.3 Å². The van der Waals surface area contributed by atoms with Crippen molar-refractivity contribution < 1.29 is 19.1 Å². The van der Waals surface area contributed by atoms with Crippen LogP contribution in [0.3, 0.4) is 0 Å². The quantitative estimate of drug-likeness (QED) is 0.619. The minimum atomic E-state index is -0.793. The van der Waals surface area contributed by atoms with Gasteiger partial charge < -0.3 is 14.8 Å². The second-order valence-electron chi connectivity index (χ2n) is 6.03. The van der Waals surface area contributed by atoms with Crippen LogP contribution in [0.1, 0.15) is 17.3 Å². The molecule has 2 N–H and O–H groups in total. The van der Waals surface area contributed by atoms with Crippen molar-refractivity contribution in [3.05, 3.63) is 54.1 Å². The van der Waals surface area contributed by atoms with Crippen LogP contribution in [-0.2, 0) is 4.79 Å². The predicted molar refractivity (Wildman–Crippen MR) is 110 cm³/mol. The molecule has 8 nitrogen and oxygen atoms in total. The summed E-state index contributed by atoms with van der Waals surface area (Å²) in [6, 6.07) is 13.6. The Morgan fingerprint density at radius 3 is 2.48 bits per heavy atom. The molecule has 0 saturated heterocycles. The Labute approximate surface area is 171 Å². The SMILES string of the molecule is COc1ccc(C(=O)N[C@@H](C)C(=O)Nc2nnc(-c3ccccc3)s2)c(OC)c1. The number of hydrogen-bond acceptors (Lipinski definition) is 7. The van der Waals surface area contributed by atoms with Gasteiger partial charge in [-0.2, -0.15) is 0 Å². The largest absolute Gasteiger partial charge is 0.497 e. The number of nitrogens with zero attached hydrogens (tertiary/aromatic N) is 2. The van der Waals surface area contributed by atoms with Gasteiger partial charge in [-0.3, -0.25) is 14.9 Å². The highest BCUT2D eigenvalue weighted by molar-refractivity contribution is 7.18. The molecular formula is C20H20N4O4S. The molecule has 0 aliphatic heterocycles. The van der Waals surface area contributed by atoms with Crippen molar-refractivity contribution in [2.45, 2.75) is 13.0 Å². The fourth-order valence-electron chi connectivity index (χ4n) is 2.51. The van der Waals surface area contributed by atoms with Gasteiger partial charge in [-0.15, -0.1) is 10.2 Å². The van der Waals surface area contributed by atoms with Crippen molar-refractivity contribution in [1.29, 1.82) is 0 Å². The molecule has 2 aromatic carbocycles. The highest BCUT2D eigenvalue weighted by Crippen LogP contribution is 2.26. The van der Waals surface area contributed by atoms with E-state index in [4.69, 9.17) is 9.47 Å². The topological polar surface area (TPSA) is 102 Å². The minimum absolute atomic E-state index is 0.301. The molecule has 0 radical (unpaired) electrons. The van der Waals surface area contributed by atoms with Crippen LogP contribution in [0.2, 0.25) is 0 Å². The Morgan fingerprint density at radius 2 is 1.79 bits per heavy atom. The third kappa shape index (κ3) is 4.88. The van der Waals surface area contributed by atoms with E-state index in [1.165, 1.54) is 25.6 Å². The summed E-state index contributed by atoms with van der Waals surface area (Å²) in [4.78, 5) is 25.0. The second kappa shape index (κ2) is 9.16. The molecular weight excluding hydrogens is 392 g/mol. The molecule has 0 spiro atoms. The van der Waals surface area contributed by atoms with Crippen LogP contribution in [0.4, 0.5) is 5.13 Å². The smallest absolute Gasteiger partial charge is 0.255 e. The van der Waals surface area contributed by atoms with Crippen molar-refractivity contribution in [3.63, 3.8) is 0 Å². The van der Waals surface area contributed by atoms with Gasteiger partial charge in [-0.05, 0) is 19.1 Å². The number of methoxy groups -OCH3 is 2. The van der Waals surface area contributed by atoms with Gasteiger partial charge in [-0.25, -0.2) is 0 Å². The van der Waals surface area contributed by atoms with Crippen molar-refractivity contribution in [1.82, 2.24) is 15.5 Å². The van der Waals surface area contributed by atoms with E-state index in [9.17, 15) is 9.59 Å². The van der Waals surface area contributed by atoms with E-state index in [1.54, 1.807) is 25.1 Å². The highest BCUT2D eigenvalue weighted by atomic mass is 32.1. The molecule has 0 fully saturated rings. The molecule has 1 aromatic heterocycles. The zero-order valence-electron chi connectivity index (χ0n) is 16.1. The maximum atomic E-state index is 12.5. The van der Waals surface area contributed by atoms with Crippen LogP contribution in [0.25, 0.3) is 10.6 Å². The van der Waals surface area contributed by atoms with E-state index >= 15 is 0 Å². The van der Waals surface area contributed by atoms with Crippen molar-refractivity contribution in [2.75, 3.05) is 19.5 Å². The van der Waals surface area contributed by atoms with Crippen LogP contribution >= 0.6 is 11.3 Å². The highest BCUT2D eigenvalue weighted by Gasteiger charge is 2.21. The molecule has 9 heteroatoms. The summed E-state index contributed by atoms with van der Waals surface area (Å²) in [5.74, 6) is 0.0803. The number of anilines is 1. The number of aromatic nitrogens is 2. The van der Waals surface area contributed by atoms with E-state index in [-0.39, 0.29) is 0 Å². The van der Waals surface area contributed by atoms with Crippen LogP contribution in [0, 0.1) is 0 Å². The van der Waals surface area contributed by atoms with E-state index in [2.05, 4.69) is 20.8 Å². The van der Waals surface area contributed by atoms with Crippen molar-refractivity contribution in [2.24, 2.45) is 0 Å². The van der Waals surface area contributed by atoms with Gasteiger partial charge in [0.15, 0.2) is 0 Å².